The highest BCUT2D eigenvalue weighted by molar-refractivity contribution is 4.84. The summed E-state index contributed by atoms with van der Waals surface area (Å²) in [5, 5.41) is 13.5. The third kappa shape index (κ3) is 4.40. The lowest BCUT2D eigenvalue weighted by molar-refractivity contribution is 0.0322. The van der Waals surface area contributed by atoms with Gasteiger partial charge in [-0.05, 0) is 32.2 Å². The average molecular weight is 228 g/mol. The van der Waals surface area contributed by atoms with Gasteiger partial charge in [-0.15, -0.1) is 0 Å². The van der Waals surface area contributed by atoms with Crippen molar-refractivity contribution in [3.63, 3.8) is 0 Å². The van der Waals surface area contributed by atoms with Gasteiger partial charge in [0.05, 0.1) is 5.60 Å². The summed E-state index contributed by atoms with van der Waals surface area (Å²) >= 11 is 0. The van der Waals surface area contributed by atoms with E-state index in [9.17, 15) is 5.11 Å². The second-order valence-electron chi connectivity index (χ2n) is 4.97. The summed E-state index contributed by atoms with van der Waals surface area (Å²) in [7, 11) is 0. The molecule has 3 heteroatoms. The van der Waals surface area contributed by atoms with E-state index in [-0.39, 0.29) is 0 Å². The molecule has 1 fully saturated rings. The van der Waals surface area contributed by atoms with Crippen LogP contribution in [-0.2, 0) is 0 Å². The number of nitrogens with one attached hydrogen (secondary N) is 1. The highest BCUT2D eigenvalue weighted by atomic mass is 16.3. The van der Waals surface area contributed by atoms with Crippen molar-refractivity contribution in [3.05, 3.63) is 0 Å². The number of hydrogen-bond acceptors (Lipinski definition) is 3. The van der Waals surface area contributed by atoms with Gasteiger partial charge >= 0.3 is 0 Å². The van der Waals surface area contributed by atoms with Gasteiger partial charge < -0.3 is 10.4 Å². The first-order chi connectivity index (χ1) is 7.65. The molecule has 1 aliphatic carbocycles. The highest BCUT2D eigenvalue weighted by Gasteiger charge is 2.27. The molecule has 16 heavy (non-hydrogen) atoms. The molecule has 0 spiro atoms. The summed E-state index contributed by atoms with van der Waals surface area (Å²) in [4.78, 5) is 2.53. The van der Waals surface area contributed by atoms with Gasteiger partial charge in [-0.1, -0.05) is 20.8 Å². The fraction of sp³-hybridized carbons (Fsp3) is 1.00. The zero-order chi connectivity index (χ0) is 12.0. The van der Waals surface area contributed by atoms with Gasteiger partial charge in [-0.2, -0.15) is 0 Å². The SMILES string of the molecule is CCN(CCNCC(O)(CC)CC)C1CC1. The van der Waals surface area contributed by atoms with Gasteiger partial charge in [0, 0.05) is 25.7 Å². The van der Waals surface area contributed by atoms with Crippen LogP contribution in [0.3, 0.4) is 0 Å². The summed E-state index contributed by atoms with van der Waals surface area (Å²) in [6, 6.07) is 0.850. The lowest BCUT2D eigenvalue weighted by Crippen LogP contribution is -2.42. The number of nitrogens with zero attached hydrogens (tertiary/aromatic N) is 1. The van der Waals surface area contributed by atoms with Crippen LogP contribution in [0, 0.1) is 0 Å². The first-order valence-corrected chi connectivity index (χ1v) is 6.82. The van der Waals surface area contributed by atoms with Crippen LogP contribution >= 0.6 is 0 Å². The Balaban J connectivity index is 2.10. The maximum absolute atomic E-state index is 10.1. The number of likely N-dealkylation sites (N-methyl/N-ethyl adjacent to an activating group) is 1. The van der Waals surface area contributed by atoms with Gasteiger partial charge in [-0.25, -0.2) is 0 Å². The minimum absolute atomic E-state index is 0.503. The molecule has 0 amide bonds. The third-order valence-electron chi connectivity index (χ3n) is 3.82. The van der Waals surface area contributed by atoms with Crippen molar-refractivity contribution in [2.75, 3.05) is 26.2 Å². The summed E-state index contributed by atoms with van der Waals surface area (Å²) in [6.45, 7) is 10.3. The molecular weight excluding hydrogens is 200 g/mol. The lowest BCUT2D eigenvalue weighted by atomic mass is 9.98. The maximum Gasteiger partial charge on any atom is 0.0766 e. The molecule has 96 valence electrons. The third-order valence-corrected chi connectivity index (χ3v) is 3.82. The van der Waals surface area contributed by atoms with Gasteiger partial charge in [-0.3, -0.25) is 4.90 Å². The Bertz CT molecular complexity index is 188. The molecule has 0 bridgehead atoms. The molecule has 2 N–H and O–H groups in total. The Kier molecular flexibility index (Phi) is 5.73. The molecule has 0 saturated heterocycles. The minimum Gasteiger partial charge on any atom is -0.389 e. The molecule has 1 saturated carbocycles. The fourth-order valence-corrected chi connectivity index (χ4v) is 2.08. The molecule has 0 aromatic rings. The fourth-order valence-electron chi connectivity index (χ4n) is 2.08. The van der Waals surface area contributed by atoms with Crippen LogP contribution in [-0.4, -0.2) is 47.8 Å². The van der Waals surface area contributed by atoms with Crippen LogP contribution in [0.25, 0.3) is 0 Å². The Morgan fingerprint density at radius 3 is 2.31 bits per heavy atom. The first kappa shape index (κ1) is 13.9. The predicted molar refractivity (Wildman–Crippen MR) is 68.7 cm³/mol. The van der Waals surface area contributed by atoms with E-state index in [1.54, 1.807) is 0 Å². The van der Waals surface area contributed by atoms with Crippen molar-refractivity contribution < 1.29 is 5.11 Å². The van der Waals surface area contributed by atoms with Gasteiger partial charge in [0.1, 0.15) is 0 Å². The second kappa shape index (κ2) is 6.58. The molecule has 0 aromatic heterocycles. The highest BCUT2D eigenvalue weighted by Crippen LogP contribution is 2.25. The minimum atomic E-state index is -0.503. The number of rotatable bonds is 9. The van der Waals surface area contributed by atoms with Crippen molar-refractivity contribution in [2.45, 2.75) is 58.1 Å². The molecule has 1 aliphatic rings. The largest absolute Gasteiger partial charge is 0.389 e. The van der Waals surface area contributed by atoms with Crippen molar-refractivity contribution >= 4 is 0 Å². The molecule has 0 unspecified atom stereocenters. The zero-order valence-electron chi connectivity index (χ0n) is 11.1. The Hall–Kier alpha value is -0.120. The zero-order valence-corrected chi connectivity index (χ0v) is 11.1. The van der Waals surface area contributed by atoms with Crippen molar-refractivity contribution in [3.8, 4) is 0 Å². The van der Waals surface area contributed by atoms with Crippen LogP contribution in [0.15, 0.2) is 0 Å². The van der Waals surface area contributed by atoms with Crippen LogP contribution in [0.2, 0.25) is 0 Å². The standard InChI is InChI=1S/C13H28N2O/c1-4-13(16,5-2)11-14-9-10-15(6-3)12-7-8-12/h12,14,16H,4-11H2,1-3H3. The smallest absolute Gasteiger partial charge is 0.0766 e. The van der Waals surface area contributed by atoms with E-state index in [1.807, 2.05) is 13.8 Å². The summed E-state index contributed by atoms with van der Waals surface area (Å²) in [5.41, 5.74) is -0.503. The van der Waals surface area contributed by atoms with E-state index in [1.165, 1.54) is 12.8 Å². The number of aliphatic hydroxyl groups is 1. The van der Waals surface area contributed by atoms with E-state index in [0.29, 0.717) is 0 Å². The summed E-state index contributed by atoms with van der Waals surface area (Å²) in [6.07, 6.45) is 4.41. The molecule has 0 aliphatic heterocycles. The molecule has 0 heterocycles. The monoisotopic (exact) mass is 228 g/mol. The Morgan fingerprint density at radius 1 is 1.25 bits per heavy atom. The van der Waals surface area contributed by atoms with Crippen LogP contribution in [0.4, 0.5) is 0 Å². The second-order valence-corrected chi connectivity index (χ2v) is 4.97. The molecule has 0 atom stereocenters. The molecular formula is C13H28N2O. The van der Waals surface area contributed by atoms with E-state index in [2.05, 4.69) is 17.1 Å². The molecule has 3 nitrogen and oxygen atoms in total. The van der Waals surface area contributed by atoms with Crippen LogP contribution in [0.1, 0.15) is 46.5 Å². The molecule has 0 radical (unpaired) electrons. The quantitative estimate of drug-likeness (QED) is 0.589. The van der Waals surface area contributed by atoms with E-state index in [4.69, 9.17) is 0 Å². The van der Waals surface area contributed by atoms with Crippen molar-refractivity contribution in [2.24, 2.45) is 0 Å². The Labute approximate surface area is 100 Å². The number of hydrogen-bond donors (Lipinski definition) is 2. The Morgan fingerprint density at radius 2 is 1.88 bits per heavy atom. The molecule has 0 aromatic carbocycles. The summed E-state index contributed by atoms with van der Waals surface area (Å²) in [5.74, 6) is 0. The lowest BCUT2D eigenvalue weighted by Gasteiger charge is -2.26. The first-order valence-electron chi connectivity index (χ1n) is 6.82. The normalized spacial score (nSPS) is 17.1. The topological polar surface area (TPSA) is 35.5 Å². The van der Waals surface area contributed by atoms with Crippen LogP contribution < -0.4 is 5.32 Å². The maximum atomic E-state index is 10.1. The van der Waals surface area contributed by atoms with Gasteiger partial charge in [0.2, 0.25) is 0 Å². The van der Waals surface area contributed by atoms with E-state index >= 15 is 0 Å². The van der Waals surface area contributed by atoms with E-state index < -0.39 is 5.60 Å². The average Bonchev–Trinajstić information content (AvgIpc) is 3.13. The summed E-state index contributed by atoms with van der Waals surface area (Å²) < 4.78 is 0. The molecule has 1 rings (SSSR count). The predicted octanol–water partition coefficient (Wildman–Crippen LogP) is 1.61. The van der Waals surface area contributed by atoms with Crippen LogP contribution in [0.5, 0.6) is 0 Å². The van der Waals surface area contributed by atoms with Crippen molar-refractivity contribution in [1.29, 1.82) is 0 Å². The van der Waals surface area contributed by atoms with Gasteiger partial charge in [0.25, 0.3) is 0 Å². The van der Waals surface area contributed by atoms with Gasteiger partial charge in [0.15, 0.2) is 0 Å². The van der Waals surface area contributed by atoms with Crippen molar-refractivity contribution in [1.82, 2.24) is 10.2 Å². The van der Waals surface area contributed by atoms with E-state index in [0.717, 1.165) is 45.1 Å².